The molecule has 1 aromatic rings. The number of hydrogen-bond acceptors (Lipinski definition) is 3. The number of hydroxylamine groups is 2. The summed E-state index contributed by atoms with van der Waals surface area (Å²) in [6.07, 6.45) is 3.73. The Balaban J connectivity index is 1.75. The summed E-state index contributed by atoms with van der Waals surface area (Å²) >= 11 is 0. The van der Waals surface area contributed by atoms with Crippen LogP contribution in [0.5, 0.6) is 0 Å². The van der Waals surface area contributed by atoms with Crippen molar-refractivity contribution < 1.29 is 19.5 Å². The van der Waals surface area contributed by atoms with Crippen LogP contribution in [-0.4, -0.2) is 29.1 Å². The van der Waals surface area contributed by atoms with Crippen LogP contribution in [-0.2, 0) is 21.0 Å². The Kier molecular flexibility index (Phi) is 5.75. The van der Waals surface area contributed by atoms with Gasteiger partial charge in [0.05, 0.1) is 12.5 Å². The largest absolute Gasteiger partial charge is 0.481 e. The minimum atomic E-state index is -0.707. The van der Waals surface area contributed by atoms with Gasteiger partial charge in [0.15, 0.2) is 0 Å². The van der Waals surface area contributed by atoms with Crippen molar-refractivity contribution in [2.45, 2.75) is 32.3 Å². The van der Waals surface area contributed by atoms with Gasteiger partial charge in [-0.3, -0.25) is 14.4 Å². The molecule has 1 fully saturated rings. The highest BCUT2D eigenvalue weighted by Gasteiger charge is 2.27. The molecule has 5 nitrogen and oxygen atoms in total. The van der Waals surface area contributed by atoms with Crippen molar-refractivity contribution in [2.24, 2.45) is 11.8 Å². The lowest BCUT2D eigenvalue weighted by Gasteiger charge is -2.29. The SMILES string of the molecule is O=CN(CC1CCC(C(=O)O)CC1)OCc1ccccc1. The van der Waals surface area contributed by atoms with Crippen molar-refractivity contribution in [1.29, 1.82) is 0 Å². The predicted molar refractivity (Wildman–Crippen MR) is 77.1 cm³/mol. The minimum Gasteiger partial charge on any atom is -0.481 e. The number of carbonyl (C=O) groups excluding carboxylic acids is 1. The van der Waals surface area contributed by atoms with E-state index in [1.165, 1.54) is 5.06 Å². The molecule has 1 N–H and O–H groups in total. The Bertz CT molecular complexity index is 455. The maximum atomic E-state index is 11.1. The van der Waals surface area contributed by atoms with E-state index in [9.17, 15) is 9.59 Å². The third-order valence-electron chi connectivity index (χ3n) is 3.99. The van der Waals surface area contributed by atoms with Crippen LogP contribution in [0.3, 0.4) is 0 Å². The predicted octanol–water partition coefficient (Wildman–Crippen LogP) is 2.47. The second kappa shape index (κ2) is 7.78. The molecule has 0 aliphatic heterocycles. The fraction of sp³-hybridized carbons (Fsp3) is 0.500. The second-order valence-electron chi connectivity index (χ2n) is 5.52. The summed E-state index contributed by atoms with van der Waals surface area (Å²) in [7, 11) is 0. The van der Waals surface area contributed by atoms with Crippen molar-refractivity contribution in [1.82, 2.24) is 5.06 Å². The zero-order chi connectivity index (χ0) is 15.1. The normalized spacial score (nSPS) is 21.7. The van der Waals surface area contributed by atoms with Gasteiger partial charge in [-0.2, -0.15) is 0 Å². The Hall–Kier alpha value is -1.88. The molecule has 0 spiro atoms. The molecule has 1 aromatic carbocycles. The van der Waals surface area contributed by atoms with E-state index in [2.05, 4.69) is 0 Å². The van der Waals surface area contributed by atoms with E-state index in [1.807, 2.05) is 30.3 Å². The van der Waals surface area contributed by atoms with Gasteiger partial charge in [-0.25, -0.2) is 5.06 Å². The smallest absolute Gasteiger partial charge is 0.306 e. The molecule has 0 atom stereocenters. The fourth-order valence-corrected chi connectivity index (χ4v) is 2.70. The van der Waals surface area contributed by atoms with Crippen molar-refractivity contribution in [3.8, 4) is 0 Å². The van der Waals surface area contributed by atoms with E-state index < -0.39 is 5.97 Å². The molecule has 21 heavy (non-hydrogen) atoms. The molecule has 2 rings (SSSR count). The molecule has 1 aliphatic rings. The van der Waals surface area contributed by atoms with Gasteiger partial charge >= 0.3 is 5.97 Å². The summed E-state index contributed by atoms with van der Waals surface area (Å²) in [6.45, 7) is 0.896. The van der Waals surface area contributed by atoms with Gasteiger partial charge in [0.2, 0.25) is 6.41 Å². The lowest BCUT2D eigenvalue weighted by Crippen LogP contribution is -2.32. The maximum absolute atomic E-state index is 11.1. The van der Waals surface area contributed by atoms with Gasteiger partial charge in [0.25, 0.3) is 0 Å². The first-order valence-electron chi connectivity index (χ1n) is 7.30. The van der Waals surface area contributed by atoms with E-state index in [1.54, 1.807) is 0 Å². The van der Waals surface area contributed by atoms with Crippen LogP contribution >= 0.6 is 0 Å². The van der Waals surface area contributed by atoms with E-state index in [0.29, 0.717) is 38.3 Å². The van der Waals surface area contributed by atoms with Crippen LogP contribution in [0.2, 0.25) is 0 Å². The number of benzene rings is 1. The molecule has 1 amide bonds. The van der Waals surface area contributed by atoms with Crippen LogP contribution in [0.1, 0.15) is 31.2 Å². The third-order valence-corrected chi connectivity index (χ3v) is 3.99. The second-order valence-corrected chi connectivity index (χ2v) is 5.52. The van der Waals surface area contributed by atoms with Crippen molar-refractivity contribution in [3.05, 3.63) is 35.9 Å². The molecule has 5 heteroatoms. The summed E-state index contributed by atoms with van der Waals surface area (Å²) in [5, 5.41) is 10.3. The number of aliphatic carboxylic acids is 1. The molecule has 0 saturated heterocycles. The number of carboxylic acid groups (broad SMARTS) is 1. The highest BCUT2D eigenvalue weighted by molar-refractivity contribution is 5.69. The van der Waals surface area contributed by atoms with E-state index in [0.717, 1.165) is 18.4 Å². The highest BCUT2D eigenvalue weighted by Crippen LogP contribution is 2.29. The molecule has 0 bridgehead atoms. The van der Waals surface area contributed by atoms with Gasteiger partial charge in [-0.1, -0.05) is 30.3 Å². The fourth-order valence-electron chi connectivity index (χ4n) is 2.70. The summed E-state index contributed by atoms with van der Waals surface area (Å²) in [5.41, 5.74) is 1.01. The molecule has 1 aliphatic carbocycles. The van der Waals surface area contributed by atoms with Gasteiger partial charge in [-0.05, 0) is 37.2 Å². The maximum Gasteiger partial charge on any atom is 0.306 e. The van der Waals surface area contributed by atoms with E-state index in [4.69, 9.17) is 9.94 Å². The summed E-state index contributed by atoms with van der Waals surface area (Å²) in [4.78, 5) is 27.5. The quantitative estimate of drug-likeness (QED) is 0.619. The number of carboxylic acids is 1. The van der Waals surface area contributed by atoms with Crippen molar-refractivity contribution in [2.75, 3.05) is 6.54 Å². The summed E-state index contributed by atoms with van der Waals surface area (Å²) in [5.74, 6) is -0.612. The molecule has 0 radical (unpaired) electrons. The number of nitrogens with zero attached hydrogens (tertiary/aromatic N) is 1. The van der Waals surface area contributed by atoms with Gasteiger partial charge in [0, 0.05) is 0 Å². The first-order chi connectivity index (χ1) is 10.2. The number of rotatable bonds is 7. The highest BCUT2D eigenvalue weighted by atomic mass is 16.7. The number of amides is 1. The molecular weight excluding hydrogens is 270 g/mol. The van der Waals surface area contributed by atoms with Crippen molar-refractivity contribution in [3.63, 3.8) is 0 Å². The molecule has 0 heterocycles. The molecule has 114 valence electrons. The summed E-state index contributed by atoms with van der Waals surface area (Å²) in [6, 6.07) is 9.68. The Morgan fingerprint density at radius 1 is 1.24 bits per heavy atom. The Morgan fingerprint density at radius 2 is 1.90 bits per heavy atom. The monoisotopic (exact) mass is 291 g/mol. The van der Waals surface area contributed by atoms with Crippen LogP contribution in [0, 0.1) is 11.8 Å². The van der Waals surface area contributed by atoms with E-state index >= 15 is 0 Å². The third kappa shape index (κ3) is 4.86. The van der Waals surface area contributed by atoms with Crippen LogP contribution in [0.15, 0.2) is 30.3 Å². The van der Waals surface area contributed by atoms with Crippen LogP contribution < -0.4 is 0 Å². The minimum absolute atomic E-state index is 0.226. The topological polar surface area (TPSA) is 66.8 Å². The molecule has 0 unspecified atom stereocenters. The molecule has 1 saturated carbocycles. The molecular formula is C16H21NO4. The Labute approximate surface area is 124 Å². The van der Waals surface area contributed by atoms with Crippen LogP contribution in [0.25, 0.3) is 0 Å². The molecule has 0 aromatic heterocycles. The average molecular weight is 291 g/mol. The zero-order valence-electron chi connectivity index (χ0n) is 12.0. The average Bonchev–Trinajstić information content (AvgIpc) is 2.53. The lowest BCUT2D eigenvalue weighted by atomic mass is 9.82. The van der Waals surface area contributed by atoms with Gasteiger partial charge in [0.1, 0.15) is 6.61 Å². The lowest BCUT2D eigenvalue weighted by molar-refractivity contribution is -0.182. The van der Waals surface area contributed by atoms with E-state index in [-0.39, 0.29) is 5.92 Å². The van der Waals surface area contributed by atoms with Gasteiger partial charge in [-0.15, -0.1) is 0 Å². The summed E-state index contributed by atoms with van der Waals surface area (Å²) < 4.78 is 0. The first-order valence-corrected chi connectivity index (χ1v) is 7.30. The van der Waals surface area contributed by atoms with Gasteiger partial charge < -0.3 is 5.11 Å². The Morgan fingerprint density at radius 3 is 2.48 bits per heavy atom. The number of hydrogen-bond donors (Lipinski definition) is 1. The first kappa shape index (κ1) is 15.5. The van der Waals surface area contributed by atoms with Crippen molar-refractivity contribution >= 4 is 12.4 Å². The van der Waals surface area contributed by atoms with Crippen LogP contribution in [0.4, 0.5) is 0 Å². The standard InChI is InChI=1S/C16H21NO4/c18-12-17(21-11-14-4-2-1-3-5-14)10-13-6-8-15(9-7-13)16(19)20/h1-5,12-13,15H,6-11H2,(H,19,20). The number of carbonyl (C=O) groups is 2. The zero-order valence-corrected chi connectivity index (χ0v) is 12.0.